The summed E-state index contributed by atoms with van der Waals surface area (Å²) in [5.41, 5.74) is 1.36. The molecule has 0 aliphatic carbocycles. The van der Waals surface area contributed by atoms with Crippen molar-refractivity contribution in [2.45, 2.75) is 25.9 Å². The van der Waals surface area contributed by atoms with E-state index in [1.807, 2.05) is 48.2 Å². The summed E-state index contributed by atoms with van der Waals surface area (Å²) in [4.78, 5) is 19.8. The number of hydrogen-bond donors (Lipinski definition) is 0. The molecule has 0 bridgehead atoms. The summed E-state index contributed by atoms with van der Waals surface area (Å²) >= 11 is 1.35. The molecular formula is C25H23FN2O3S. The highest BCUT2D eigenvalue weighted by Crippen LogP contribution is 2.32. The summed E-state index contributed by atoms with van der Waals surface area (Å²) in [5, 5.41) is 2.47. The van der Waals surface area contributed by atoms with Crippen LogP contribution in [0.3, 0.4) is 0 Å². The van der Waals surface area contributed by atoms with E-state index in [1.165, 1.54) is 23.5 Å². The van der Waals surface area contributed by atoms with Crippen molar-refractivity contribution in [2.75, 3.05) is 19.7 Å². The Kier molecular flexibility index (Phi) is 5.66. The Hall–Kier alpha value is -3.19. The number of hydrogen-bond acceptors (Lipinski definition) is 5. The minimum absolute atomic E-state index is 0.0147. The van der Waals surface area contributed by atoms with Crippen molar-refractivity contribution >= 4 is 38.2 Å². The summed E-state index contributed by atoms with van der Waals surface area (Å²) in [6, 6.07) is 16.3. The zero-order valence-electron chi connectivity index (χ0n) is 17.7. The van der Waals surface area contributed by atoms with Crippen molar-refractivity contribution < 1.29 is 18.7 Å². The lowest BCUT2D eigenvalue weighted by Gasteiger charge is -2.32. The van der Waals surface area contributed by atoms with E-state index in [4.69, 9.17) is 9.47 Å². The molecule has 32 heavy (non-hydrogen) atoms. The summed E-state index contributed by atoms with van der Waals surface area (Å²) in [6.07, 6.45) is 1.40. The van der Waals surface area contributed by atoms with Crippen LogP contribution in [-0.2, 0) is 0 Å². The molecule has 0 unspecified atom stereocenters. The molecule has 5 rings (SSSR count). The van der Waals surface area contributed by atoms with Crippen molar-refractivity contribution in [1.82, 2.24) is 9.88 Å². The molecule has 1 aromatic heterocycles. The van der Waals surface area contributed by atoms with Crippen molar-refractivity contribution in [1.29, 1.82) is 0 Å². The number of nitrogens with zero attached hydrogens (tertiary/aromatic N) is 2. The van der Waals surface area contributed by atoms with Gasteiger partial charge in [-0.1, -0.05) is 41.7 Å². The lowest BCUT2D eigenvalue weighted by Crippen LogP contribution is -2.42. The van der Waals surface area contributed by atoms with Crippen LogP contribution in [0.15, 0.2) is 54.6 Å². The molecular weight excluding hydrogens is 427 g/mol. The van der Waals surface area contributed by atoms with Crippen LogP contribution in [0.2, 0.25) is 0 Å². The quantitative estimate of drug-likeness (QED) is 0.393. The molecule has 1 saturated heterocycles. The zero-order valence-corrected chi connectivity index (χ0v) is 18.5. The Balaban J connectivity index is 1.31. The largest absolute Gasteiger partial charge is 0.493 e. The van der Waals surface area contributed by atoms with Gasteiger partial charge in [0.2, 0.25) is 0 Å². The average molecular weight is 451 g/mol. The van der Waals surface area contributed by atoms with Gasteiger partial charge in [-0.15, -0.1) is 0 Å². The van der Waals surface area contributed by atoms with Crippen LogP contribution in [0.1, 0.15) is 30.1 Å². The van der Waals surface area contributed by atoms with Gasteiger partial charge in [-0.3, -0.25) is 4.79 Å². The number of amides is 1. The number of piperidine rings is 1. The minimum atomic E-state index is -0.278. The smallest absolute Gasteiger partial charge is 0.274 e. The number of likely N-dealkylation sites (tertiary alicyclic amines) is 1. The SMILES string of the molecule is CCOc1ccc2ccccc2c1C(=O)N1CCC(Oc2nc3ccc(F)cc3s2)CC1. The molecule has 0 spiro atoms. The number of thiazole rings is 1. The van der Waals surface area contributed by atoms with E-state index in [-0.39, 0.29) is 17.8 Å². The predicted octanol–water partition coefficient (Wildman–Crippen LogP) is 5.67. The molecule has 2 heterocycles. The van der Waals surface area contributed by atoms with Gasteiger partial charge in [-0.05, 0) is 42.0 Å². The average Bonchev–Trinajstić information content (AvgIpc) is 3.20. The lowest BCUT2D eigenvalue weighted by molar-refractivity contribution is 0.0594. The van der Waals surface area contributed by atoms with Crippen LogP contribution in [0.25, 0.3) is 21.0 Å². The normalized spacial score (nSPS) is 14.8. The first kappa shape index (κ1) is 20.7. The summed E-state index contributed by atoms with van der Waals surface area (Å²) in [6.45, 7) is 3.61. The van der Waals surface area contributed by atoms with E-state index in [0.29, 0.717) is 49.0 Å². The first-order valence-corrected chi connectivity index (χ1v) is 11.6. The van der Waals surface area contributed by atoms with Gasteiger partial charge in [0.25, 0.3) is 11.1 Å². The lowest BCUT2D eigenvalue weighted by atomic mass is 10.0. The van der Waals surface area contributed by atoms with E-state index in [9.17, 15) is 9.18 Å². The van der Waals surface area contributed by atoms with Gasteiger partial charge in [-0.25, -0.2) is 9.37 Å². The zero-order chi connectivity index (χ0) is 22.1. The maximum atomic E-state index is 13.5. The molecule has 5 nitrogen and oxygen atoms in total. The molecule has 1 fully saturated rings. The van der Waals surface area contributed by atoms with Crippen LogP contribution >= 0.6 is 11.3 Å². The summed E-state index contributed by atoms with van der Waals surface area (Å²) in [7, 11) is 0. The Labute approximate surface area is 189 Å². The molecule has 0 atom stereocenters. The van der Waals surface area contributed by atoms with Gasteiger partial charge in [0.1, 0.15) is 17.7 Å². The topological polar surface area (TPSA) is 51.7 Å². The highest BCUT2D eigenvalue weighted by molar-refractivity contribution is 7.20. The Morgan fingerprint density at radius 1 is 1.16 bits per heavy atom. The van der Waals surface area contributed by atoms with Crippen molar-refractivity contribution in [3.63, 3.8) is 0 Å². The molecule has 0 N–H and O–H groups in total. The fourth-order valence-electron chi connectivity index (χ4n) is 4.15. The fourth-order valence-corrected chi connectivity index (χ4v) is 5.06. The highest BCUT2D eigenvalue weighted by Gasteiger charge is 2.28. The standard InChI is InChI=1S/C25H23FN2O3S/c1-2-30-21-10-7-16-5-3-4-6-19(16)23(21)24(29)28-13-11-18(12-14-28)31-25-27-20-9-8-17(26)15-22(20)32-25/h3-10,15,18H,2,11-14H2,1H3. The van der Waals surface area contributed by atoms with Gasteiger partial charge in [0.05, 0.1) is 22.4 Å². The number of carbonyl (C=O) groups is 1. The number of ether oxygens (including phenoxy) is 2. The molecule has 7 heteroatoms. The van der Waals surface area contributed by atoms with Crippen molar-refractivity contribution in [3.05, 3.63) is 66.0 Å². The maximum Gasteiger partial charge on any atom is 0.274 e. The van der Waals surface area contributed by atoms with Crippen LogP contribution in [0, 0.1) is 5.82 Å². The van der Waals surface area contributed by atoms with Gasteiger partial charge < -0.3 is 14.4 Å². The van der Waals surface area contributed by atoms with Crippen LogP contribution in [0.5, 0.6) is 10.9 Å². The Morgan fingerprint density at radius 3 is 2.78 bits per heavy atom. The van der Waals surface area contributed by atoms with Crippen LogP contribution < -0.4 is 9.47 Å². The van der Waals surface area contributed by atoms with Gasteiger partial charge in [-0.2, -0.15) is 0 Å². The molecule has 1 amide bonds. The third kappa shape index (κ3) is 4.00. The van der Waals surface area contributed by atoms with Gasteiger partial charge in [0, 0.05) is 25.9 Å². The summed E-state index contributed by atoms with van der Waals surface area (Å²) in [5.74, 6) is 0.329. The number of halogens is 1. The number of rotatable bonds is 5. The third-order valence-corrected chi connectivity index (χ3v) is 6.64. The molecule has 0 radical (unpaired) electrons. The number of carbonyl (C=O) groups excluding carboxylic acids is 1. The van der Waals surface area contributed by atoms with Gasteiger partial charge in [0.15, 0.2) is 0 Å². The molecule has 1 aliphatic heterocycles. The van der Waals surface area contributed by atoms with E-state index < -0.39 is 0 Å². The van der Waals surface area contributed by atoms with E-state index in [0.717, 1.165) is 21.0 Å². The molecule has 1 aliphatic rings. The van der Waals surface area contributed by atoms with E-state index in [1.54, 1.807) is 6.07 Å². The van der Waals surface area contributed by atoms with Crippen LogP contribution in [-0.4, -0.2) is 41.6 Å². The number of aromatic nitrogens is 1. The first-order chi connectivity index (χ1) is 15.6. The van der Waals surface area contributed by atoms with Gasteiger partial charge >= 0.3 is 0 Å². The van der Waals surface area contributed by atoms with Crippen LogP contribution in [0.4, 0.5) is 4.39 Å². The number of benzene rings is 3. The second-order valence-corrected chi connectivity index (χ2v) is 8.79. The monoisotopic (exact) mass is 450 g/mol. The second kappa shape index (κ2) is 8.74. The van der Waals surface area contributed by atoms with E-state index in [2.05, 4.69) is 4.98 Å². The predicted molar refractivity (Wildman–Crippen MR) is 124 cm³/mol. The van der Waals surface area contributed by atoms with Crippen molar-refractivity contribution in [3.8, 4) is 10.9 Å². The third-order valence-electron chi connectivity index (χ3n) is 5.73. The molecule has 0 saturated carbocycles. The Morgan fingerprint density at radius 2 is 1.97 bits per heavy atom. The van der Waals surface area contributed by atoms with E-state index >= 15 is 0 Å². The second-order valence-electron chi connectivity index (χ2n) is 7.79. The molecule has 3 aromatic carbocycles. The number of fused-ring (bicyclic) bond motifs is 2. The maximum absolute atomic E-state index is 13.5. The minimum Gasteiger partial charge on any atom is -0.493 e. The highest BCUT2D eigenvalue weighted by atomic mass is 32.1. The van der Waals surface area contributed by atoms with Crippen molar-refractivity contribution in [2.24, 2.45) is 0 Å². The molecule has 164 valence electrons. The Bertz CT molecular complexity index is 1280. The summed E-state index contributed by atoms with van der Waals surface area (Å²) < 4.78 is 26.1. The first-order valence-electron chi connectivity index (χ1n) is 10.8. The molecule has 4 aromatic rings. The fraction of sp³-hybridized carbons (Fsp3) is 0.280.